The summed E-state index contributed by atoms with van der Waals surface area (Å²) in [4.78, 5) is 4.18. The lowest BCUT2D eigenvalue weighted by atomic mass is 10.2. The summed E-state index contributed by atoms with van der Waals surface area (Å²) in [6, 6.07) is 0. The van der Waals surface area contributed by atoms with Crippen molar-refractivity contribution in [2.75, 3.05) is 0 Å². The minimum absolute atomic E-state index is 0.425. The minimum atomic E-state index is 0.425. The van der Waals surface area contributed by atoms with Crippen molar-refractivity contribution in [1.82, 2.24) is 20.0 Å². The van der Waals surface area contributed by atoms with Crippen molar-refractivity contribution in [1.29, 1.82) is 0 Å². The molecule has 0 saturated heterocycles. The number of hydrogen-bond acceptors (Lipinski definition) is 5. The number of thiazole rings is 1. The monoisotopic (exact) mass is 209 g/mol. The van der Waals surface area contributed by atoms with Gasteiger partial charge in [0.15, 0.2) is 0 Å². The van der Waals surface area contributed by atoms with Crippen LogP contribution in [0.15, 0.2) is 11.6 Å². The summed E-state index contributed by atoms with van der Waals surface area (Å²) in [5.41, 5.74) is 7.45. The first kappa shape index (κ1) is 9.29. The zero-order valence-corrected chi connectivity index (χ0v) is 8.66. The van der Waals surface area contributed by atoms with Gasteiger partial charge in [0.1, 0.15) is 0 Å². The van der Waals surface area contributed by atoms with E-state index in [1.807, 2.05) is 5.38 Å². The third-order valence-corrected chi connectivity index (χ3v) is 2.72. The predicted molar refractivity (Wildman–Crippen MR) is 54.3 cm³/mol. The van der Waals surface area contributed by atoms with E-state index in [2.05, 4.69) is 22.2 Å². The molecule has 14 heavy (non-hydrogen) atoms. The van der Waals surface area contributed by atoms with E-state index in [0.29, 0.717) is 6.54 Å². The normalized spacial score (nSPS) is 10.7. The van der Waals surface area contributed by atoms with Crippen LogP contribution in [0.3, 0.4) is 0 Å². The van der Waals surface area contributed by atoms with Crippen LogP contribution in [-0.4, -0.2) is 20.0 Å². The van der Waals surface area contributed by atoms with E-state index < -0.39 is 0 Å². The lowest BCUT2D eigenvalue weighted by Gasteiger charge is -2.00. The Morgan fingerprint density at radius 3 is 3.00 bits per heavy atom. The van der Waals surface area contributed by atoms with Gasteiger partial charge in [0.25, 0.3) is 0 Å². The molecule has 0 unspecified atom stereocenters. The molecule has 2 aromatic heterocycles. The van der Waals surface area contributed by atoms with Crippen LogP contribution >= 0.6 is 11.3 Å². The summed E-state index contributed by atoms with van der Waals surface area (Å²) in [7, 11) is 0. The zero-order chi connectivity index (χ0) is 9.97. The topological polar surface area (TPSA) is 69.6 Å². The Morgan fingerprint density at radius 2 is 2.43 bits per heavy atom. The molecule has 74 valence electrons. The molecule has 0 aliphatic carbocycles. The van der Waals surface area contributed by atoms with Crippen LogP contribution in [0.5, 0.6) is 0 Å². The van der Waals surface area contributed by atoms with Crippen LogP contribution in [0.4, 0.5) is 0 Å². The second kappa shape index (κ2) is 3.85. The van der Waals surface area contributed by atoms with Crippen molar-refractivity contribution in [3.05, 3.63) is 23.0 Å². The van der Waals surface area contributed by atoms with Crippen molar-refractivity contribution in [3.8, 4) is 5.13 Å². The van der Waals surface area contributed by atoms with E-state index in [-0.39, 0.29) is 0 Å². The Balaban J connectivity index is 2.48. The van der Waals surface area contributed by atoms with Gasteiger partial charge in [-0.15, -0.1) is 16.4 Å². The molecule has 0 aromatic carbocycles. The van der Waals surface area contributed by atoms with Gasteiger partial charge in [-0.3, -0.25) is 0 Å². The maximum Gasteiger partial charge on any atom is 0.211 e. The summed E-state index contributed by atoms with van der Waals surface area (Å²) in [6.45, 7) is 2.48. The number of hydrogen-bond donors (Lipinski definition) is 1. The molecule has 6 heteroatoms. The highest BCUT2D eigenvalue weighted by molar-refractivity contribution is 7.12. The highest BCUT2D eigenvalue weighted by Crippen LogP contribution is 2.15. The maximum absolute atomic E-state index is 5.56. The van der Waals surface area contributed by atoms with E-state index in [0.717, 1.165) is 22.9 Å². The summed E-state index contributed by atoms with van der Waals surface area (Å²) in [5.74, 6) is 0. The van der Waals surface area contributed by atoms with Crippen molar-refractivity contribution in [3.63, 3.8) is 0 Å². The highest BCUT2D eigenvalue weighted by Gasteiger charge is 2.12. The van der Waals surface area contributed by atoms with E-state index >= 15 is 0 Å². The van der Waals surface area contributed by atoms with Crippen molar-refractivity contribution >= 4 is 11.3 Å². The van der Waals surface area contributed by atoms with Gasteiger partial charge in [-0.25, -0.2) is 4.98 Å². The number of nitrogens with two attached hydrogens (primary N) is 1. The van der Waals surface area contributed by atoms with E-state index in [9.17, 15) is 0 Å². The second-order valence-electron chi connectivity index (χ2n) is 2.77. The van der Waals surface area contributed by atoms with Crippen LogP contribution in [0, 0.1) is 0 Å². The van der Waals surface area contributed by atoms with Crippen molar-refractivity contribution < 1.29 is 0 Å². The van der Waals surface area contributed by atoms with Gasteiger partial charge in [-0.05, 0) is 6.42 Å². The minimum Gasteiger partial charge on any atom is -0.325 e. The SMILES string of the molecule is CCc1c(CN)nnn1-c1nccs1. The van der Waals surface area contributed by atoms with Gasteiger partial charge in [0.2, 0.25) is 5.13 Å². The lowest BCUT2D eigenvalue weighted by Crippen LogP contribution is -2.04. The summed E-state index contributed by atoms with van der Waals surface area (Å²) >= 11 is 1.54. The second-order valence-corrected chi connectivity index (χ2v) is 3.64. The fourth-order valence-electron chi connectivity index (χ4n) is 1.32. The van der Waals surface area contributed by atoms with Crippen LogP contribution in [-0.2, 0) is 13.0 Å². The molecule has 0 radical (unpaired) electrons. The predicted octanol–water partition coefficient (Wildman–Crippen LogP) is 0.745. The van der Waals surface area contributed by atoms with Crippen LogP contribution in [0.1, 0.15) is 18.3 Å². The van der Waals surface area contributed by atoms with Crippen LogP contribution in [0.2, 0.25) is 0 Å². The maximum atomic E-state index is 5.56. The van der Waals surface area contributed by atoms with Gasteiger partial charge in [-0.1, -0.05) is 12.1 Å². The molecule has 2 rings (SSSR count). The first-order valence-electron chi connectivity index (χ1n) is 4.40. The Bertz CT molecular complexity index is 405. The van der Waals surface area contributed by atoms with Gasteiger partial charge >= 0.3 is 0 Å². The molecule has 0 atom stereocenters. The average molecular weight is 209 g/mol. The highest BCUT2D eigenvalue weighted by atomic mass is 32.1. The van der Waals surface area contributed by atoms with E-state index in [1.54, 1.807) is 10.9 Å². The van der Waals surface area contributed by atoms with Gasteiger partial charge in [-0.2, -0.15) is 4.68 Å². The van der Waals surface area contributed by atoms with Gasteiger partial charge < -0.3 is 5.73 Å². The zero-order valence-electron chi connectivity index (χ0n) is 7.84. The molecule has 2 heterocycles. The molecule has 0 aliphatic heterocycles. The molecule has 0 aliphatic rings. The molecule has 0 saturated carbocycles. The molecule has 0 bridgehead atoms. The van der Waals surface area contributed by atoms with Crippen molar-refractivity contribution in [2.45, 2.75) is 19.9 Å². The Morgan fingerprint density at radius 1 is 1.57 bits per heavy atom. The van der Waals surface area contributed by atoms with Crippen molar-refractivity contribution in [2.24, 2.45) is 5.73 Å². The Kier molecular flexibility index (Phi) is 2.55. The van der Waals surface area contributed by atoms with Crippen LogP contribution in [0.25, 0.3) is 5.13 Å². The largest absolute Gasteiger partial charge is 0.325 e. The fourth-order valence-corrected chi connectivity index (χ4v) is 1.93. The summed E-state index contributed by atoms with van der Waals surface area (Å²) in [5, 5.41) is 10.8. The van der Waals surface area contributed by atoms with Gasteiger partial charge in [0, 0.05) is 18.1 Å². The molecule has 0 spiro atoms. The Labute approximate surface area is 85.6 Å². The molecule has 0 amide bonds. The Hall–Kier alpha value is -1.27. The summed E-state index contributed by atoms with van der Waals surface area (Å²) < 4.78 is 1.76. The van der Waals surface area contributed by atoms with Crippen LogP contribution < -0.4 is 5.73 Å². The number of rotatable bonds is 3. The number of nitrogens with zero attached hydrogens (tertiary/aromatic N) is 4. The number of aromatic nitrogens is 4. The molecule has 5 nitrogen and oxygen atoms in total. The first-order chi connectivity index (χ1) is 6.86. The molecule has 2 aromatic rings. The lowest BCUT2D eigenvalue weighted by molar-refractivity contribution is 0.761. The summed E-state index contributed by atoms with van der Waals surface area (Å²) in [6.07, 6.45) is 2.61. The molecule has 0 fully saturated rings. The molecule has 2 N–H and O–H groups in total. The quantitative estimate of drug-likeness (QED) is 0.809. The average Bonchev–Trinajstić information content (AvgIpc) is 2.85. The molecular formula is C8H11N5S. The fraction of sp³-hybridized carbons (Fsp3) is 0.375. The third-order valence-electron chi connectivity index (χ3n) is 1.97. The standard InChI is InChI=1S/C8H11N5S/c1-2-7-6(5-9)11-12-13(7)8-10-3-4-14-8/h3-4H,2,5,9H2,1H3. The first-order valence-corrected chi connectivity index (χ1v) is 5.28. The smallest absolute Gasteiger partial charge is 0.211 e. The third kappa shape index (κ3) is 1.42. The molecular weight excluding hydrogens is 198 g/mol. The van der Waals surface area contributed by atoms with E-state index in [1.165, 1.54) is 11.3 Å². The van der Waals surface area contributed by atoms with E-state index in [4.69, 9.17) is 5.73 Å². The van der Waals surface area contributed by atoms with Gasteiger partial charge in [0.05, 0.1) is 11.4 Å².